The van der Waals surface area contributed by atoms with Gasteiger partial charge in [0.05, 0.1) is 0 Å². The van der Waals surface area contributed by atoms with E-state index in [4.69, 9.17) is 5.11 Å². The molecular weight excluding hydrogens is 240 g/mol. The van der Waals surface area contributed by atoms with Gasteiger partial charge in [-0.2, -0.15) is 0 Å². The lowest BCUT2D eigenvalue weighted by molar-refractivity contribution is -0.137. The Balaban J connectivity index is 2.31. The fourth-order valence-electron chi connectivity index (χ4n) is 1.63. The molecule has 100 valence electrons. The summed E-state index contributed by atoms with van der Waals surface area (Å²) in [5.41, 5.74) is 0.735. The topological polar surface area (TPSA) is 40.5 Å². The Morgan fingerprint density at radius 3 is 2.61 bits per heavy atom. The smallest absolute Gasteiger partial charge is 0.303 e. The normalized spacial score (nSPS) is 10.9. The lowest BCUT2D eigenvalue weighted by atomic mass is 10.1. The van der Waals surface area contributed by atoms with Crippen molar-refractivity contribution in [3.8, 4) is 0 Å². The number of carboxylic acid groups (broad SMARTS) is 1. The average molecular weight is 257 g/mol. The molecule has 0 aliphatic carbocycles. The van der Waals surface area contributed by atoms with Gasteiger partial charge in [0.25, 0.3) is 0 Å². The minimum Gasteiger partial charge on any atom is -0.481 e. The van der Waals surface area contributed by atoms with Crippen LogP contribution in [0.25, 0.3) is 0 Å². The maximum atomic E-state index is 12.9. The number of likely N-dealkylation sites (N-methyl/N-ethyl adjacent to an activating group) is 1. The highest BCUT2D eigenvalue weighted by molar-refractivity contribution is 5.66. The summed E-state index contributed by atoms with van der Waals surface area (Å²) in [4.78, 5) is 12.3. The van der Waals surface area contributed by atoms with Crippen molar-refractivity contribution in [2.24, 2.45) is 0 Å². The SMILES string of the molecule is CN(CCCC(=O)O)CCc1ccc(F)c(F)c1. The third-order valence-electron chi connectivity index (χ3n) is 2.70. The lowest BCUT2D eigenvalue weighted by Crippen LogP contribution is -2.23. The van der Waals surface area contributed by atoms with Crippen molar-refractivity contribution < 1.29 is 18.7 Å². The van der Waals surface area contributed by atoms with Crippen LogP contribution in [0.3, 0.4) is 0 Å². The third kappa shape index (κ3) is 5.23. The number of aliphatic carboxylic acids is 1. The van der Waals surface area contributed by atoms with Crippen LogP contribution in [0, 0.1) is 11.6 Å². The summed E-state index contributed by atoms with van der Waals surface area (Å²) in [5.74, 6) is -2.47. The number of halogens is 2. The number of rotatable bonds is 7. The molecule has 3 nitrogen and oxygen atoms in total. The van der Waals surface area contributed by atoms with Gasteiger partial charge in [-0.15, -0.1) is 0 Å². The first kappa shape index (κ1) is 14.6. The van der Waals surface area contributed by atoms with E-state index in [1.54, 1.807) is 6.07 Å². The van der Waals surface area contributed by atoms with Crippen LogP contribution in [-0.2, 0) is 11.2 Å². The Morgan fingerprint density at radius 1 is 1.28 bits per heavy atom. The summed E-state index contributed by atoms with van der Waals surface area (Å²) in [5, 5.41) is 8.50. The van der Waals surface area contributed by atoms with Crippen LogP contribution in [-0.4, -0.2) is 36.1 Å². The van der Waals surface area contributed by atoms with Gasteiger partial charge in [-0.25, -0.2) is 8.78 Å². The summed E-state index contributed by atoms with van der Waals surface area (Å²) in [6, 6.07) is 3.87. The number of nitrogens with zero attached hydrogens (tertiary/aromatic N) is 1. The lowest BCUT2D eigenvalue weighted by Gasteiger charge is -2.15. The first-order chi connectivity index (χ1) is 8.49. The molecule has 0 atom stereocenters. The van der Waals surface area contributed by atoms with Crippen molar-refractivity contribution >= 4 is 5.97 Å². The molecule has 1 rings (SSSR count). The summed E-state index contributed by atoms with van der Waals surface area (Å²) >= 11 is 0. The van der Waals surface area contributed by atoms with E-state index in [0.29, 0.717) is 25.9 Å². The minimum absolute atomic E-state index is 0.148. The van der Waals surface area contributed by atoms with Crippen molar-refractivity contribution in [3.05, 3.63) is 35.4 Å². The average Bonchev–Trinajstić information content (AvgIpc) is 2.30. The molecule has 1 aromatic rings. The molecule has 0 fully saturated rings. The number of hydrogen-bond acceptors (Lipinski definition) is 2. The fourth-order valence-corrected chi connectivity index (χ4v) is 1.63. The molecular formula is C13H17F2NO2. The largest absolute Gasteiger partial charge is 0.481 e. The van der Waals surface area contributed by atoms with Gasteiger partial charge >= 0.3 is 5.97 Å². The van der Waals surface area contributed by atoms with Crippen LogP contribution in [0.2, 0.25) is 0 Å². The standard InChI is InChI=1S/C13H17F2NO2/c1-16(7-2-3-13(17)18)8-6-10-4-5-11(14)12(15)9-10/h4-5,9H,2-3,6-8H2,1H3,(H,17,18). The summed E-state index contributed by atoms with van der Waals surface area (Å²) in [7, 11) is 1.88. The second-order valence-electron chi connectivity index (χ2n) is 4.30. The fraction of sp³-hybridized carbons (Fsp3) is 0.462. The maximum absolute atomic E-state index is 12.9. The van der Waals surface area contributed by atoms with Crippen LogP contribution >= 0.6 is 0 Å². The summed E-state index contributed by atoms with van der Waals surface area (Å²) in [6.45, 7) is 1.36. The van der Waals surface area contributed by atoms with Crippen molar-refractivity contribution in [3.63, 3.8) is 0 Å². The molecule has 1 aromatic carbocycles. The van der Waals surface area contributed by atoms with Crippen LogP contribution < -0.4 is 0 Å². The molecule has 18 heavy (non-hydrogen) atoms. The van der Waals surface area contributed by atoms with Gasteiger partial charge in [0, 0.05) is 13.0 Å². The Bertz CT molecular complexity index is 410. The predicted molar refractivity (Wildman–Crippen MR) is 64.4 cm³/mol. The van der Waals surface area contributed by atoms with Crippen LogP contribution in [0.4, 0.5) is 8.78 Å². The van der Waals surface area contributed by atoms with Gasteiger partial charge in [0.15, 0.2) is 11.6 Å². The highest BCUT2D eigenvalue weighted by Crippen LogP contribution is 2.09. The van der Waals surface area contributed by atoms with Crippen LogP contribution in [0.1, 0.15) is 18.4 Å². The van der Waals surface area contributed by atoms with E-state index >= 15 is 0 Å². The van der Waals surface area contributed by atoms with E-state index < -0.39 is 17.6 Å². The van der Waals surface area contributed by atoms with Gasteiger partial charge in [-0.3, -0.25) is 4.79 Å². The van der Waals surface area contributed by atoms with E-state index in [1.807, 2.05) is 11.9 Å². The number of carbonyl (C=O) groups is 1. The van der Waals surface area contributed by atoms with Crippen molar-refractivity contribution in [1.29, 1.82) is 0 Å². The zero-order valence-electron chi connectivity index (χ0n) is 10.3. The maximum Gasteiger partial charge on any atom is 0.303 e. The van der Waals surface area contributed by atoms with Gasteiger partial charge in [-0.05, 0) is 44.1 Å². The monoisotopic (exact) mass is 257 g/mol. The molecule has 0 saturated heterocycles. The molecule has 5 heteroatoms. The highest BCUT2D eigenvalue weighted by atomic mass is 19.2. The number of benzene rings is 1. The Labute approximate surface area is 105 Å². The molecule has 0 radical (unpaired) electrons. The molecule has 1 N–H and O–H groups in total. The van der Waals surface area contributed by atoms with Gasteiger partial charge in [-0.1, -0.05) is 6.07 Å². The van der Waals surface area contributed by atoms with Gasteiger partial charge in [0.1, 0.15) is 0 Å². The summed E-state index contributed by atoms with van der Waals surface area (Å²) < 4.78 is 25.6. The molecule has 0 saturated carbocycles. The zero-order valence-corrected chi connectivity index (χ0v) is 10.3. The Kier molecular flexibility index (Phi) is 5.71. The molecule has 0 aliphatic rings. The van der Waals surface area contributed by atoms with Crippen molar-refractivity contribution in [1.82, 2.24) is 4.90 Å². The predicted octanol–water partition coefficient (Wildman–Crippen LogP) is 2.30. The third-order valence-corrected chi connectivity index (χ3v) is 2.70. The van der Waals surface area contributed by atoms with E-state index in [1.165, 1.54) is 6.07 Å². The molecule has 0 bridgehead atoms. The molecule has 0 heterocycles. The minimum atomic E-state index is -0.839. The Hall–Kier alpha value is -1.49. The first-order valence-corrected chi connectivity index (χ1v) is 5.83. The van der Waals surface area contributed by atoms with Gasteiger partial charge < -0.3 is 10.0 Å². The highest BCUT2D eigenvalue weighted by Gasteiger charge is 2.05. The number of carboxylic acids is 1. The molecule has 0 unspecified atom stereocenters. The van der Waals surface area contributed by atoms with E-state index in [2.05, 4.69) is 0 Å². The zero-order chi connectivity index (χ0) is 13.5. The quantitative estimate of drug-likeness (QED) is 0.814. The van der Waals surface area contributed by atoms with Crippen LogP contribution in [0.15, 0.2) is 18.2 Å². The van der Waals surface area contributed by atoms with Gasteiger partial charge in [0.2, 0.25) is 0 Å². The molecule has 0 amide bonds. The first-order valence-electron chi connectivity index (χ1n) is 5.83. The van der Waals surface area contributed by atoms with Crippen molar-refractivity contribution in [2.75, 3.05) is 20.1 Å². The molecule has 0 aliphatic heterocycles. The Morgan fingerprint density at radius 2 is 2.00 bits per heavy atom. The van der Waals surface area contributed by atoms with Crippen LogP contribution in [0.5, 0.6) is 0 Å². The van der Waals surface area contributed by atoms with E-state index in [0.717, 1.165) is 11.6 Å². The van der Waals surface area contributed by atoms with Crippen molar-refractivity contribution in [2.45, 2.75) is 19.3 Å². The van der Waals surface area contributed by atoms with E-state index in [9.17, 15) is 13.6 Å². The van der Waals surface area contributed by atoms with E-state index in [-0.39, 0.29) is 6.42 Å². The summed E-state index contributed by atoms with van der Waals surface area (Å²) in [6.07, 6.45) is 1.35. The molecule has 0 aromatic heterocycles. The molecule has 0 spiro atoms. The second kappa shape index (κ2) is 7.06. The number of hydrogen-bond donors (Lipinski definition) is 1. The second-order valence-corrected chi connectivity index (χ2v) is 4.30.